The molecule has 0 saturated heterocycles. The second-order valence-corrected chi connectivity index (χ2v) is 7.41. The molecule has 0 radical (unpaired) electrons. The van der Waals surface area contributed by atoms with Crippen LogP contribution in [0.5, 0.6) is 0 Å². The maximum Gasteiger partial charge on any atom is 0.342 e. The first-order chi connectivity index (χ1) is 13.5. The summed E-state index contributed by atoms with van der Waals surface area (Å²) in [6.45, 7) is 0. The van der Waals surface area contributed by atoms with E-state index in [9.17, 15) is 9.59 Å². The van der Waals surface area contributed by atoms with E-state index in [1.54, 1.807) is 12.1 Å². The molecule has 0 bridgehead atoms. The summed E-state index contributed by atoms with van der Waals surface area (Å²) in [4.78, 5) is 32.5. The highest BCUT2D eigenvalue weighted by Crippen LogP contribution is 2.43. The summed E-state index contributed by atoms with van der Waals surface area (Å²) in [6.07, 6.45) is 0. The Morgan fingerprint density at radius 2 is 1.79 bits per heavy atom. The number of nitrogens with one attached hydrogen (secondary N) is 2. The Hall–Kier alpha value is -3.39. The normalized spacial score (nSPS) is 15.0. The molecule has 0 aliphatic carbocycles. The van der Waals surface area contributed by atoms with Gasteiger partial charge in [0.25, 0.3) is 5.56 Å². The minimum atomic E-state index is -0.642. The van der Waals surface area contributed by atoms with Crippen molar-refractivity contribution in [1.29, 1.82) is 0 Å². The van der Waals surface area contributed by atoms with Crippen LogP contribution >= 0.6 is 15.9 Å². The molecular formula is C20H13BrN4O3. The predicted octanol–water partition coefficient (Wildman–Crippen LogP) is 3.46. The lowest BCUT2D eigenvalue weighted by Gasteiger charge is -2.27. The van der Waals surface area contributed by atoms with Crippen LogP contribution in [0.25, 0.3) is 11.0 Å². The lowest BCUT2D eigenvalue weighted by atomic mass is 9.83. The monoisotopic (exact) mass is 436 g/mol. The van der Waals surface area contributed by atoms with E-state index in [0.29, 0.717) is 28.2 Å². The van der Waals surface area contributed by atoms with Crippen LogP contribution in [0.4, 0.5) is 17.5 Å². The molecule has 0 amide bonds. The molecule has 3 heterocycles. The molecule has 7 nitrogen and oxygen atoms in total. The number of fused-ring (bicyclic) bond motifs is 4. The zero-order valence-corrected chi connectivity index (χ0v) is 15.9. The largest absolute Gasteiger partial charge is 0.422 e. The molecule has 2 aromatic heterocycles. The fraction of sp³-hybridized carbons (Fsp3) is 0.0500. The maximum absolute atomic E-state index is 12.9. The van der Waals surface area contributed by atoms with E-state index >= 15 is 0 Å². The van der Waals surface area contributed by atoms with E-state index in [1.165, 1.54) is 0 Å². The zero-order valence-electron chi connectivity index (χ0n) is 14.3. The maximum atomic E-state index is 12.9. The summed E-state index contributed by atoms with van der Waals surface area (Å²) in [5.41, 5.74) is 7.34. The van der Waals surface area contributed by atoms with Crippen molar-refractivity contribution >= 4 is 44.4 Å². The number of benzene rings is 2. The molecule has 138 valence electrons. The van der Waals surface area contributed by atoms with Crippen molar-refractivity contribution in [2.45, 2.75) is 5.92 Å². The van der Waals surface area contributed by atoms with Gasteiger partial charge in [0.05, 0.1) is 22.7 Å². The van der Waals surface area contributed by atoms with Crippen LogP contribution in [0.2, 0.25) is 0 Å². The number of nitrogens with two attached hydrogens (primary N) is 1. The zero-order chi connectivity index (χ0) is 19.4. The van der Waals surface area contributed by atoms with Gasteiger partial charge >= 0.3 is 5.63 Å². The lowest BCUT2D eigenvalue weighted by molar-refractivity contribution is 0.548. The average molecular weight is 437 g/mol. The Kier molecular flexibility index (Phi) is 3.63. The first-order valence-corrected chi connectivity index (χ1v) is 9.30. The third kappa shape index (κ3) is 2.45. The van der Waals surface area contributed by atoms with Crippen molar-refractivity contribution in [3.63, 3.8) is 0 Å². The van der Waals surface area contributed by atoms with Crippen LogP contribution in [0.15, 0.2) is 67.0 Å². The molecule has 2 aromatic carbocycles. The van der Waals surface area contributed by atoms with E-state index in [1.807, 2.05) is 36.4 Å². The Bertz CT molecular complexity index is 1360. The molecular weight excluding hydrogens is 424 g/mol. The van der Waals surface area contributed by atoms with Gasteiger partial charge in [-0.2, -0.15) is 4.98 Å². The molecule has 5 rings (SSSR count). The number of hydrogen-bond donors (Lipinski definition) is 3. The highest BCUT2D eigenvalue weighted by Gasteiger charge is 2.35. The number of nitrogen functional groups attached to an aromatic ring is 1. The summed E-state index contributed by atoms with van der Waals surface area (Å²) in [5, 5.41) is 3.86. The van der Waals surface area contributed by atoms with Gasteiger partial charge in [0.15, 0.2) is 0 Å². The van der Waals surface area contributed by atoms with Gasteiger partial charge in [-0.05, 0) is 29.8 Å². The third-order valence-corrected chi connectivity index (χ3v) is 5.37. The fourth-order valence-corrected chi connectivity index (χ4v) is 3.94. The van der Waals surface area contributed by atoms with Crippen molar-refractivity contribution in [2.75, 3.05) is 11.1 Å². The Labute approximate surface area is 166 Å². The van der Waals surface area contributed by atoms with Gasteiger partial charge in [0.1, 0.15) is 11.4 Å². The minimum absolute atomic E-state index is 0.00141. The van der Waals surface area contributed by atoms with E-state index in [0.717, 1.165) is 15.4 Å². The van der Waals surface area contributed by atoms with Crippen LogP contribution in [0.1, 0.15) is 22.6 Å². The summed E-state index contributed by atoms with van der Waals surface area (Å²) in [6, 6.07) is 14.7. The number of hydrogen-bond acceptors (Lipinski definition) is 6. The van der Waals surface area contributed by atoms with Crippen molar-refractivity contribution < 1.29 is 4.42 Å². The highest BCUT2D eigenvalue weighted by atomic mass is 79.9. The molecule has 0 saturated carbocycles. The van der Waals surface area contributed by atoms with Crippen molar-refractivity contribution in [1.82, 2.24) is 9.97 Å². The Morgan fingerprint density at radius 1 is 1.04 bits per heavy atom. The topological polar surface area (TPSA) is 114 Å². The Balaban J connectivity index is 1.91. The molecule has 1 unspecified atom stereocenters. The van der Waals surface area contributed by atoms with Gasteiger partial charge in [-0.15, -0.1) is 0 Å². The van der Waals surface area contributed by atoms with Gasteiger partial charge in [-0.25, -0.2) is 4.79 Å². The molecule has 1 aliphatic rings. The summed E-state index contributed by atoms with van der Waals surface area (Å²) < 4.78 is 6.44. The summed E-state index contributed by atoms with van der Waals surface area (Å²) in [7, 11) is 0. The summed E-state index contributed by atoms with van der Waals surface area (Å²) >= 11 is 3.41. The van der Waals surface area contributed by atoms with Crippen LogP contribution < -0.4 is 22.2 Å². The second kappa shape index (κ2) is 6.07. The molecule has 4 aromatic rings. The van der Waals surface area contributed by atoms with Gasteiger partial charge in [-0.3, -0.25) is 9.78 Å². The predicted molar refractivity (Wildman–Crippen MR) is 110 cm³/mol. The van der Waals surface area contributed by atoms with E-state index in [4.69, 9.17) is 10.2 Å². The van der Waals surface area contributed by atoms with Crippen molar-refractivity contribution in [3.05, 3.63) is 90.5 Å². The lowest BCUT2D eigenvalue weighted by Crippen LogP contribution is -2.30. The van der Waals surface area contributed by atoms with Gasteiger partial charge < -0.3 is 15.5 Å². The highest BCUT2D eigenvalue weighted by molar-refractivity contribution is 9.10. The SMILES string of the molecule is Nc1nc2c(c(=O)[nH]1)C(c1ccc(Br)cc1)c1c(c3ccccc3oc1=O)N2. The van der Waals surface area contributed by atoms with Crippen LogP contribution in [-0.2, 0) is 0 Å². The average Bonchev–Trinajstić information content (AvgIpc) is 2.67. The van der Waals surface area contributed by atoms with Crippen LogP contribution in [-0.4, -0.2) is 9.97 Å². The number of para-hydroxylation sites is 1. The first kappa shape index (κ1) is 16.8. The van der Waals surface area contributed by atoms with Crippen LogP contribution in [0.3, 0.4) is 0 Å². The second-order valence-electron chi connectivity index (χ2n) is 6.50. The third-order valence-electron chi connectivity index (χ3n) is 4.85. The molecule has 0 fully saturated rings. The Morgan fingerprint density at radius 3 is 2.57 bits per heavy atom. The van der Waals surface area contributed by atoms with E-state index < -0.39 is 17.1 Å². The molecule has 8 heteroatoms. The number of aromatic amines is 1. The number of anilines is 3. The molecule has 1 atom stereocenters. The van der Waals surface area contributed by atoms with E-state index in [2.05, 4.69) is 31.2 Å². The number of rotatable bonds is 1. The minimum Gasteiger partial charge on any atom is -0.422 e. The number of nitrogens with zero attached hydrogens (tertiary/aromatic N) is 1. The molecule has 0 spiro atoms. The number of halogens is 1. The van der Waals surface area contributed by atoms with E-state index in [-0.39, 0.29) is 5.95 Å². The van der Waals surface area contributed by atoms with Gasteiger partial charge in [-0.1, -0.05) is 40.2 Å². The first-order valence-electron chi connectivity index (χ1n) is 8.51. The quantitative estimate of drug-likeness (QED) is 0.346. The standard InChI is InChI=1S/C20H13BrN4O3/c21-10-7-5-9(6-8-10)13-14-16(11-3-1-2-4-12(11)28-19(14)27)23-17-15(13)18(26)25-20(22)24-17/h1-8,13H,(H4,22,23,24,25,26). The van der Waals surface area contributed by atoms with Gasteiger partial charge in [0, 0.05) is 9.86 Å². The van der Waals surface area contributed by atoms with Crippen LogP contribution in [0, 0.1) is 0 Å². The van der Waals surface area contributed by atoms with Crippen molar-refractivity contribution in [2.24, 2.45) is 0 Å². The molecule has 4 N–H and O–H groups in total. The number of aromatic nitrogens is 2. The number of H-pyrrole nitrogens is 1. The smallest absolute Gasteiger partial charge is 0.342 e. The van der Waals surface area contributed by atoms with Crippen molar-refractivity contribution in [3.8, 4) is 0 Å². The fourth-order valence-electron chi connectivity index (χ4n) is 3.68. The van der Waals surface area contributed by atoms with Gasteiger partial charge in [0.2, 0.25) is 5.95 Å². The molecule has 28 heavy (non-hydrogen) atoms. The molecule has 1 aliphatic heterocycles. The summed E-state index contributed by atoms with van der Waals surface area (Å²) in [5.74, 6) is -0.309.